The third-order valence-electron chi connectivity index (χ3n) is 5.17. The van der Waals surface area contributed by atoms with Crippen molar-refractivity contribution in [2.75, 3.05) is 5.32 Å². The van der Waals surface area contributed by atoms with Crippen LogP contribution in [0.5, 0.6) is 5.75 Å². The Morgan fingerprint density at radius 3 is 2.34 bits per heavy atom. The summed E-state index contributed by atoms with van der Waals surface area (Å²) in [7, 11) is 0. The Balaban J connectivity index is 1.59. The summed E-state index contributed by atoms with van der Waals surface area (Å²) < 4.78 is 12.6. The summed E-state index contributed by atoms with van der Waals surface area (Å²) in [4.78, 5) is 25.8. The minimum Gasteiger partial charge on any atom is -0.506 e. The fourth-order valence-electron chi connectivity index (χ4n) is 3.66. The van der Waals surface area contributed by atoms with Crippen LogP contribution in [0.15, 0.2) is 59.0 Å². The van der Waals surface area contributed by atoms with Crippen LogP contribution in [-0.2, 0) is 16.0 Å². The molecule has 0 aliphatic heterocycles. The predicted molar refractivity (Wildman–Crippen MR) is 153 cm³/mol. The standard InChI is InChI=1S/C26H24I2N2O5/c1-26(2,3)35-25(33)30-20(12-14-10-18(27)23(31)19(28)11-14)24(32)29-15-8-9-17-16-6-4-5-7-21(16)34-22(17)13-15/h4-11,13,20,31H,12H2,1-3H3,(H,29,32)(H,30,33)/t20-/m1/s1. The van der Waals surface area contributed by atoms with Crippen molar-refractivity contribution < 1.29 is 23.8 Å². The zero-order chi connectivity index (χ0) is 25.3. The van der Waals surface area contributed by atoms with Crippen LogP contribution in [0.3, 0.4) is 0 Å². The monoisotopic (exact) mass is 698 g/mol. The second kappa shape index (κ2) is 10.2. The summed E-state index contributed by atoms with van der Waals surface area (Å²) in [5, 5.41) is 17.6. The lowest BCUT2D eigenvalue weighted by Gasteiger charge is -2.23. The van der Waals surface area contributed by atoms with Gasteiger partial charge in [0.05, 0.1) is 7.14 Å². The lowest BCUT2D eigenvalue weighted by molar-refractivity contribution is -0.118. The van der Waals surface area contributed by atoms with E-state index in [0.29, 0.717) is 18.4 Å². The van der Waals surface area contributed by atoms with Gasteiger partial charge in [0, 0.05) is 28.9 Å². The fourth-order valence-corrected chi connectivity index (χ4v) is 5.56. The molecule has 0 radical (unpaired) electrons. The molecule has 0 spiro atoms. The Morgan fingerprint density at radius 2 is 1.66 bits per heavy atom. The molecule has 0 aliphatic carbocycles. The summed E-state index contributed by atoms with van der Waals surface area (Å²) >= 11 is 4.07. The molecule has 0 bridgehead atoms. The Labute approximate surface area is 229 Å². The van der Waals surface area contributed by atoms with Crippen LogP contribution in [0, 0.1) is 7.14 Å². The van der Waals surface area contributed by atoms with Crippen LogP contribution in [0.1, 0.15) is 26.3 Å². The number of anilines is 1. The number of nitrogens with one attached hydrogen (secondary N) is 2. The first-order valence-electron chi connectivity index (χ1n) is 10.9. The topological polar surface area (TPSA) is 101 Å². The maximum Gasteiger partial charge on any atom is 0.408 e. The van der Waals surface area contributed by atoms with Gasteiger partial charge in [-0.05, 0) is 102 Å². The Kier molecular flexibility index (Phi) is 7.46. The number of hydrogen-bond acceptors (Lipinski definition) is 5. The molecule has 2 amide bonds. The van der Waals surface area contributed by atoms with Crippen LogP contribution < -0.4 is 10.6 Å². The first-order valence-corrected chi connectivity index (χ1v) is 13.0. The normalized spacial score (nSPS) is 12.5. The van der Waals surface area contributed by atoms with Gasteiger partial charge in [-0.2, -0.15) is 0 Å². The zero-order valence-electron chi connectivity index (χ0n) is 19.3. The quantitative estimate of drug-likeness (QED) is 0.205. The lowest BCUT2D eigenvalue weighted by atomic mass is 10.0. The summed E-state index contributed by atoms with van der Waals surface area (Å²) in [6, 6.07) is 15.9. The van der Waals surface area contributed by atoms with Crippen LogP contribution >= 0.6 is 45.2 Å². The van der Waals surface area contributed by atoms with Gasteiger partial charge in [-0.15, -0.1) is 0 Å². The molecular formula is C26H24I2N2O5. The van der Waals surface area contributed by atoms with Crippen LogP contribution in [-0.4, -0.2) is 28.7 Å². The number of rotatable bonds is 5. The molecule has 35 heavy (non-hydrogen) atoms. The third-order valence-corrected chi connectivity index (χ3v) is 6.81. The molecule has 0 saturated carbocycles. The van der Waals surface area contributed by atoms with Crippen molar-refractivity contribution in [1.82, 2.24) is 5.32 Å². The number of aromatic hydroxyl groups is 1. The van der Waals surface area contributed by atoms with Gasteiger partial charge < -0.3 is 24.9 Å². The van der Waals surface area contributed by atoms with Gasteiger partial charge in [0.15, 0.2) is 0 Å². The van der Waals surface area contributed by atoms with E-state index in [1.54, 1.807) is 45.0 Å². The van der Waals surface area contributed by atoms with Crippen LogP contribution in [0.2, 0.25) is 0 Å². The third kappa shape index (κ3) is 6.18. The van der Waals surface area contributed by atoms with Gasteiger partial charge in [0.2, 0.25) is 5.91 Å². The van der Waals surface area contributed by atoms with E-state index in [9.17, 15) is 14.7 Å². The van der Waals surface area contributed by atoms with E-state index in [2.05, 4.69) is 10.6 Å². The second-order valence-electron chi connectivity index (χ2n) is 9.11. The molecule has 1 heterocycles. The van der Waals surface area contributed by atoms with Crippen molar-refractivity contribution in [3.63, 3.8) is 0 Å². The molecule has 0 unspecified atom stereocenters. The summed E-state index contributed by atoms with van der Waals surface area (Å²) in [5.74, 6) is -0.209. The summed E-state index contributed by atoms with van der Waals surface area (Å²) in [5.41, 5.74) is 2.06. The van der Waals surface area contributed by atoms with E-state index >= 15 is 0 Å². The number of phenols is 1. The Bertz CT molecular complexity index is 1400. The van der Waals surface area contributed by atoms with E-state index in [0.717, 1.165) is 21.9 Å². The van der Waals surface area contributed by atoms with E-state index in [-0.39, 0.29) is 12.2 Å². The lowest BCUT2D eigenvalue weighted by Crippen LogP contribution is -2.47. The molecular weight excluding hydrogens is 674 g/mol. The highest BCUT2D eigenvalue weighted by Gasteiger charge is 2.26. The molecule has 7 nitrogen and oxygen atoms in total. The molecule has 4 aromatic rings. The minimum atomic E-state index is -0.910. The largest absolute Gasteiger partial charge is 0.506 e. The molecule has 182 valence electrons. The number of ether oxygens (including phenoxy) is 1. The van der Waals surface area contributed by atoms with Crippen molar-refractivity contribution in [2.24, 2.45) is 0 Å². The highest BCUT2D eigenvalue weighted by atomic mass is 127. The van der Waals surface area contributed by atoms with Crippen molar-refractivity contribution in [2.45, 2.75) is 38.8 Å². The second-order valence-corrected chi connectivity index (χ2v) is 11.4. The number of halogens is 2. The van der Waals surface area contributed by atoms with Crippen molar-refractivity contribution in [1.29, 1.82) is 0 Å². The number of carbonyl (C=O) groups excluding carboxylic acids is 2. The number of hydrogen-bond donors (Lipinski definition) is 3. The molecule has 9 heteroatoms. The number of fused-ring (bicyclic) bond motifs is 3. The summed E-state index contributed by atoms with van der Waals surface area (Å²) in [6.45, 7) is 5.28. The molecule has 1 atom stereocenters. The fraction of sp³-hybridized carbons (Fsp3) is 0.231. The van der Waals surface area contributed by atoms with Crippen LogP contribution in [0.4, 0.5) is 10.5 Å². The van der Waals surface area contributed by atoms with E-state index in [1.807, 2.05) is 75.5 Å². The number of furan rings is 1. The van der Waals surface area contributed by atoms with Gasteiger partial charge in [-0.1, -0.05) is 18.2 Å². The van der Waals surface area contributed by atoms with Gasteiger partial charge in [-0.3, -0.25) is 4.79 Å². The smallest absolute Gasteiger partial charge is 0.408 e. The van der Waals surface area contributed by atoms with Crippen molar-refractivity contribution in [3.05, 3.63) is 67.3 Å². The van der Waals surface area contributed by atoms with Gasteiger partial charge in [0.1, 0.15) is 28.6 Å². The van der Waals surface area contributed by atoms with E-state index in [4.69, 9.17) is 9.15 Å². The van der Waals surface area contributed by atoms with Gasteiger partial charge in [0.25, 0.3) is 0 Å². The molecule has 0 aliphatic rings. The minimum absolute atomic E-state index is 0.190. The molecule has 3 N–H and O–H groups in total. The molecule has 0 saturated heterocycles. The first-order chi connectivity index (χ1) is 16.5. The molecule has 3 aromatic carbocycles. The van der Waals surface area contributed by atoms with E-state index < -0.39 is 23.6 Å². The summed E-state index contributed by atoms with van der Waals surface area (Å²) in [6.07, 6.45) is -0.474. The average Bonchev–Trinajstić information content (AvgIpc) is 3.13. The predicted octanol–water partition coefficient (Wildman–Crippen LogP) is 6.58. The number of para-hydroxylation sites is 1. The van der Waals surface area contributed by atoms with Gasteiger partial charge in [-0.25, -0.2) is 4.79 Å². The number of amides is 2. The van der Waals surface area contributed by atoms with E-state index in [1.165, 1.54) is 0 Å². The highest BCUT2D eigenvalue weighted by Crippen LogP contribution is 2.31. The van der Waals surface area contributed by atoms with Crippen molar-refractivity contribution >= 4 is 84.8 Å². The van der Waals surface area contributed by atoms with Gasteiger partial charge >= 0.3 is 6.09 Å². The average molecular weight is 698 g/mol. The highest BCUT2D eigenvalue weighted by molar-refractivity contribution is 14.1. The SMILES string of the molecule is CC(C)(C)OC(=O)N[C@H](Cc1cc(I)c(O)c(I)c1)C(=O)Nc1ccc2c(c1)oc1ccccc12. The Morgan fingerprint density at radius 1 is 1.00 bits per heavy atom. The first kappa shape index (κ1) is 25.5. The number of benzene rings is 3. The molecule has 4 rings (SSSR count). The molecule has 1 aromatic heterocycles. The molecule has 0 fully saturated rings. The number of alkyl carbamates (subject to hydrolysis) is 1. The Hall–Kier alpha value is -2.54. The number of carbonyl (C=O) groups is 2. The maximum atomic E-state index is 13.3. The maximum absolute atomic E-state index is 13.3. The van der Waals surface area contributed by atoms with Crippen molar-refractivity contribution in [3.8, 4) is 5.75 Å². The zero-order valence-corrected chi connectivity index (χ0v) is 23.6. The number of phenolic OH excluding ortho intramolecular Hbond substituents is 1. The van der Waals surface area contributed by atoms with Crippen LogP contribution in [0.25, 0.3) is 21.9 Å².